The average Bonchev–Trinajstić information content (AvgIpc) is 2.26. The Hall–Kier alpha value is 0.290. The summed E-state index contributed by atoms with van der Waals surface area (Å²) >= 11 is 3.81. The number of fused-ring (bicyclic) bond motifs is 1. The number of rotatable bonds is 0. The summed E-state index contributed by atoms with van der Waals surface area (Å²) in [7, 11) is 0. The van der Waals surface area contributed by atoms with Gasteiger partial charge in [-0.3, -0.25) is 0 Å². The largest absolute Gasteiger partial charge is 0.252 e. The van der Waals surface area contributed by atoms with Crippen molar-refractivity contribution < 1.29 is 8.78 Å². The summed E-state index contributed by atoms with van der Waals surface area (Å²) in [6, 6.07) is 0. The molecule has 2 rings (SSSR count). The summed E-state index contributed by atoms with van der Waals surface area (Å²) < 4.78 is 27.2. The van der Waals surface area contributed by atoms with Gasteiger partial charge in [-0.1, -0.05) is 0 Å². The SMILES string of the molecule is Cc1sc(I)c2c1CCC(F)(F)C2. The second-order valence-electron chi connectivity index (χ2n) is 3.42. The van der Waals surface area contributed by atoms with Gasteiger partial charge in [0.05, 0.1) is 2.88 Å². The summed E-state index contributed by atoms with van der Waals surface area (Å²) in [6.07, 6.45) is 0.520. The Bertz CT molecular complexity index is 344. The minimum absolute atomic E-state index is 0.0215. The van der Waals surface area contributed by atoms with Gasteiger partial charge in [-0.2, -0.15) is 0 Å². The van der Waals surface area contributed by atoms with Crippen molar-refractivity contribution in [1.82, 2.24) is 0 Å². The summed E-state index contributed by atoms with van der Waals surface area (Å²) in [5.41, 5.74) is 2.08. The number of hydrogen-bond acceptors (Lipinski definition) is 1. The van der Waals surface area contributed by atoms with Crippen LogP contribution >= 0.6 is 33.9 Å². The van der Waals surface area contributed by atoms with Gasteiger partial charge >= 0.3 is 0 Å². The molecule has 0 saturated heterocycles. The van der Waals surface area contributed by atoms with Gasteiger partial charge < -0.3 is 0 Å². The van der Waals surface area contributed by atoms with Gasteiger partial charge in [0.1, 0.15) is 0 Å². The van der Waals surface area contributed by atoms with E-state index >= 15 is 0 Å². The predicted octanol–water partition coefficient (Wildman–Crippen LogP) is 3.79. The zero-order valence-electron chi connectivity index (χ0n) is 7.16. The molecule has 0 aliphatic heterocycles. The van der Waals surface area contributed by atoms with E-state index in [4.69, 9.17) is 0 Å². The van der Waals surface area contributed by atoms with Crippen molar-refractivity contribution in [1.29, 1.82) is 0 Å². The van der Waals surface area contributed by atoms with Crippen LogP contribution in [0.1, 0.15) is 22.4 Å². The molecule has 1 aliphatic rings. The summed E-state index contributed by atoms with van der Waals surface area (Å²) in [5, 5.41) is 0. The monoisotopic (exact) mass is 314 g/mol. The van der Waals surface area contributed by atoms with Crippen LogP contribution in [0.2, 0.25) is 0 Å². The van der Waals surface area contributed by atoms with E-state index < -0.39 is 5.92 Å². The minimum Gasteiger partial charge on any atom is -0.207 e. The van der Waals surface area contributed by atoms with Crippen LogP contribution in [-0.4, -0.2) is 5.92 Å². The van der Waals surface area contributed by atoms with Crippen LogP contribution in [0.5, 0.6) is 0 Å². The molecular formula is C9H9F2IS. The molecule has 1 aliphatic carbocycles. The number of halogens is 3. The van der Waals surface area contributed by atoms with Crippen molar-refractivity contribution in [2.24, 2.45) is 0 Å². The Morgan fingerprint density at radius 3 is 2.77 bits per heavy atom. The van der Waals surface area contributed by atoms with E-state index in [9.17, 15) is 8.78 Å². The van der Waals surface area contributed by atoms with Crippen molar-refractivity contribution in [3.8, 4) is 0 Å². The Balaban J connectivity index is 2.45. The zero-order valence-corrected chi connectivity index (χ0v) is 10.1. The van der Waals surface area contributed by atoms with E-state index in [1.807, 2.05) is 6.92 Å². The second kappa shape index (κ2) is 3.15. The van der Waals surface area contributed by atoms with Crippen molar-refractivity contribution >= 4 is 33.9 Å². The molecule has 1 heterocycles. The molecule has 4 heteroatoms. The highest BCUT2D eigenvalue weighted by molar-refractivity contribution is 14.1. The van der Waals surface area contributed by atoms with Crippen molar-refractivity contribution in [2.75, 3.05) is 0 Å². The summed E-state index contributed by atoms with van der Waals surface area (Å²) in [6.45, 7) is 2.02. The maximum atomic E-state index is 13.1. The van der Waals surface area contributed by atoms with E-state index in [-0.39, 0.29) is 12.8 Å². The third-order valence-electron chi connectivity index (χ3n) is 2.45. The molecule has 0 aromatic carbocycles. The van der Waals surface area contributed by atoms with E-state index in [1.165, 1.54) is 10.4 Å². The smallest absolute Gasteiger partial charge is 0.207 e. The van der Waals surface area contributed by atoms with Crippen LogP contribution in [0.4, 0.5) is 8.78 Å². The van der Waals surface area contributed by atoms with Crippen LogP contribution in [0.25, 0.3) is 0 Å². The maximum absolute atomic E-state index is 13.1. The maximum Gasteiger partial charge on any atom is 0.252 e. The van der Waals surface area contributed by atoms with E-state index in [1.54, 1.807) is 11.3 Å². The minimum atomic E-state index is -2.47. The van der Waals surface area contributed by atoms with Crippen LogP contribution in [-0.2, 0) is 12.8 Å². The Kier molecular flexibility index (Phi) is 2.38. The molecule has 0 nitrogen and oxygen atoms in total. The molecule has 0 amide bonds. The fourth-order valence-corrected chi connectivity index (χ4v) is 4.19. The van der Waals surface area contributed by atoms with Crippen molar-refractivity contribution in [3.63, 3.8) is 0 Å². The van der Waals surface area contributed by atoms with Crippen LogP contribution in [0.3, 0.4) is 0 Å². The molecule has 0 bridgehead atoms. The quantitative estimate of drug-likeness (QED) is 0.639. The fourth-order valence-electron chi connectivity index (χ4n) is 1.75. The number of hydrogen-bond donors (Lipinski definition) is 0. The van der Waals surface area contributed by atoms with Gasteiger partial charge in [0.15, 0.2) is 0 Å². The van der Waals surface area contributed by atoms with E-state index in [0.29, 0.717) is 6.42 Å². The molecular weight excluding hydrogens is 305 g/mol. The van der Waals surface area contributed by atoms with Gasteiger partial charge in [0.25, 0.3) is 5.92 Å². The lowest BCUT2D eigenvalue weighted by Gasteiger charge is -2.22. The average molecular weight is 314 g/mol. The first-order valence-corrected chi connectivity index (χ1v) is 6.03. The third kappa shape index (κ3) is 1.75. The number of thiophene rings is 1. The Labute approximate surface area is 93.5 Å². The van der Waals surface area contributed by atoms with Crippen molar-refractivity contribution in [2.45, 2.75) is 32.1 Å². The Morgan fingerprint density at radius 2 is 2.08 bits per heavy atom. The molecule has 72 valence electrons. The van der Waals surface area contributed by atoms with Crippen LogP contribution in [0, 0.1) is 9.81 Å². The topological polar surface area (TPSA) is 0 Å². The zero-order chi connectivity index (χ0) is 9.64. The van der Waals surface area contributed by atoms with Gasteiger partial charge in [-0.25, -0.2) is 8.78 Å². The number of alkyl halides is 2. The molecule has 0 atom stereocenters. The highest BCUT2D eigenvalue weighted by Gasteiger charge is 2.36. The molecule has 0 radical (unpaired) electrons. The van der Waals surface area contributed by atoms with Gasteiger partial charge in [0, 0.05) is 17.7 Å². The van der Waals surface area contributed by atoms with Gasteiger partial charge in [-0.05, 0) is 47.1 Å². The summed E-state index contributed by atoms with van der Waals surface area (Å²) in [4.78, 5) is 1.22. The molecule has 1 aromatic rings. The van der Waals surface area contributed by atoms with Gasteiger partial charge in [0.2, 0.25) is 0 Å². The molecule has 0 N–H and O–H groups in total. The molecule has 13 heavy (non-hydrogen) atoms. The molecule has 0 saturated carbocycles. The number of aryl methyl sites for hydroxylation is 1. The van der Waals surface area contributed by atoms with Crippen LogP contribution in [0.15, 0.2) is 0 Å². The first-order chi connectivity index (χ1) is 5.99. The molecule has 1 aromatic heterocycles. The molecule has 0 spiro atoms. The third-order valence-corrected chi connectivity index (χ3v) is 4.74. The highest BCUT2D eigenvalue weighted by Crippen LogP contribution is 2.40. The van der Waals surface area contributed by atoms with Crippen molar-refractivity contribution in [3.05, 3.63) is 18.9 Å². The highest BCUT2D eigenvalue weighted by atomic mass is 127. The van der Waals surface area contributed by atoms with E-state index in [2.05, 4.69) is 22.6 Å². The normalized spacial score (nSPS) is 20.0. The van der Waals surface area contributed by atoms with Crippen LogP contribution < -0.4 is 0 Å². The predicted molar refractivity (Wildman–Crippen MR) is 58.7 cm³/mol. The fraction of sp³-hybridized carbons (Fsp3) is 0.556. The molecule has 0 fully saturated rings. The first kappa shape index (κ1) is 9.83. The van der Waals surface area contributed by atoms with E-state index in [0.717, 1.165) is 8.45 Å². The Morgan fingerprint density at radius 1 is 1.38 bits per heavy atom. The lowest BCUT2D eigenvalue weighted by molar-refractivity contribution is -0.0122. The lowest BCUT2D eigenvalue weighted by atomic mass is 9.91. The summed E-state index contributed by atoms with van der Waals surface area (Å²) in [5.74, 6) is -2.47. The first-order valence-electron chi connectivity index (χ1n) is 4.14. The second-order valence-corrected chi connectivity index (χ2v) is 6.46. The lowest BCUT2D eigenvalue weighted by Crippen LogP contribution is -2.25. The van der Waals surface area contributed by atoms with Gasteiger partial charge in [-0.15, -0.1) is 11.3 Å². The molecule has 0 unspecified atom stereocenters. The standard InChI is InChI=1S/C9H9F2IS/c1-5-6-2-3-9(10,11)4-7(6)8(12)13-5/h2-4H2,1H3.